The lowest BCUT2D eigenvalue weighted by Gasteiger charge is -2.13. The molecule has 0 amide bonds. The predicted molar refractivity (Wildman–Crippen MR) is 64.7 cm³/mol. The Bertz CT molecular complexity index is 431. The molecule has 0 bridgehead atoms. The third kappa shape index (κ3) is 5.56. The minimum absolute atomic E-state index is 0.0576. The van der Waals surface area contributed by atoms with Gasteiger partial charge in [0.2, 0.25) is 0 Å². The molecule has 0 aliphatic carbocycles. The number of carboxylic acid groups (broad SMARTS) is 1. The van der Waals surface area contributed by atoms with Gasteiger partial charge in [0.15, 0.2) is 0 Å². The van der Waals surface area contributed by atoms with E-state index in [9.17, 15) is 18.4 Å². The van der Waals surface area contributed by atoms with Crippen LogP contribution in [0.1, 0.15) is 30.9 Å². The third-order valence-corrected chi connectivity index (χ3v) is 2.56. The van der Waals surface area contributed by atoms with Crippen LogP contribution in [0.25, 0.3) is 0 Å². The van der Waals surface area contributed by atoms with Gasteiger partial charge in [-0.1, -0.05) is 0 Å². The van der Waals surface area contributed by atoms with Crippen molar-refractivity contribution >= 4 is 12.3 Å². The molecule has 4 nitrogen and oxygen atoms in total. The second-order valence-corrected chi connectivity index (χ2v) is 4.12. The van der Waals surface area contributed by atoms with Crippen LogP contribution in [-0.4, -0.2) is 23.9 Å². The summed E-state index contributed by atoms with van der Waals surface area (Å²) in [7, 11) is 0. The molecule has 0 spiro atoms. The number of aliphatic carboxylic acids is 1. The van der Waals surface area contributed by atoms with Crippen molar-refractivity contribution in [2.75, 3.05) is 6.54 Å². The normalized spacial score (nSPS) is 12.1. The molecule has 0 aromatic heterocycles. The van der Waals surface area contributed by atoms with Gasteiger partial charge in [-0.05, 0) is 37.1 Å². The number of hydrogen-bond acceptors (Lipinski definition) is 3. The Labute approximate surface area is 109 Å². The quantitative estimate of drug-likeness (QED) is 0.561. The van der Waals surface area contributed by atoms with E-state index >= 15 is 0 Å². The summed E-state index contributed by atoms with van der Waals surface area (Å²) >= 11 is 0. The van der Waals surface area contributed by atoms with E-state index in [-0.39, 0.29) is 12.0 Å². The zero-order valence-corrected chi connectivity index (χ0v) is 10.2. The molecule has 0 heterocycles. The first-order valence-electron chi connectivity index (χ1n) is 5.89. The van der Waals surface area contributed by atoms with Crippen LogP contribution < -0.4 is 5.32 Å². The Kier molecular flexibility index (Phi) is 6.08. The molecule has 0 saturated carbocycles. The van der Waals surface area contributed by atoms with Gasteiger partial charge in [-0.15, -0.1) is 0 Å². The van der Waals surface area contributed by atoms with E-state index in [0.29, 0.717) is 25.7 Å². The topological polar surface area (TPSA) is 66.4 Å². The lowest BCUT2D eigenvalue weighted by molar-refractivity contribution is -0.137. The van der Waals surface area contributed by atoms with E-state index < -0.39 is 23.6 Å². The average Bonchev–Trinajstić information content (AvgIpc) is 2.32. The molecule has 1 rings (SSSR count). The van der Waals surface area contributed by atoms with Gasteiger partial charge in [0.05, 0.1) is 6.04 Å². The smallest absolute Gasteiger partial charge is 0.303 e. The summed E-state index contributed by atoms with van der Waals surface area (Å²) < 4.78 is 26.0. The zero-order valence-electron chi connectivity index (χ0n) is 10.2. The van der Waals surface area contributed by atoms with Crippen molar-refractivity contribution in [2.45, 2.75) is 25.3 Å². The van der Waals surface area contributed by atoms with Gasteiger partial charge in [-0.2, -0.15) is 0 Å². The van der Waals surface area contributed by atoms with E-state index in [1.165, 1.54) is 0 Å². The molecule has 1 aromatic rings. The molecule has 2 N–H and O–H groups in total. The first-order chi connectivity index (χ1) is 9.02. The van der Waals surface area contributed by atoms with Gasteiger partial charge in [0.25, 0.3) is 0 Å². The number of aldehydes is 1. The van der Waals surface area contributed by atoms with Crippen molar-refractivity contribution in [3.63, 3.8) is 0 Å². The Morgan fingerprint density at radius 1 is 1.26 bits per heavy atom. The van der Waals surface area contributed by atoms with Gasteiger partial charge >= 0.3 is 5.97 Å². The van der Waals surface area contributed by atoms with Gasteiger partial charge in [0, 0.05) is 12.5 Å². The van der Waals surface area contributed by atoms with E-state index in [1.807, 2.05) is 0 Å². The van der Waals surface area contributed by atoms with Crippen LogP contribution in [-0.2, 0) is 9.59 Å². The molecular formula is C13H15F2NO3. The Balaban J connectivity index is 2.49. The standard InChI is InChI=1S/C13H15F2NO3/c14-10-5-9(6-11(15)7-10)12(8-17)16-4-2-1-3-13(18)19/h5-8,12,16H,1-4H2,(H,18,19). The van der Waals surface area contributed by atoms with Crippen molar-refractivity contribution < 1.29 is 23.5 Å². The molecule has 1 aromatic carbocycles. The first kappa shape index (κ1) is 15.2. The second kappa shape index (κ2) is 7.58. The molecule has 0 saturated heterocycles. The van der Waals surface area contributed by atoms with E-state index in [4.69, 9.17) is 5.11 Å². The number of unbranched alkanes of at least 4 members (excludes halogenated alkanes) is 1. The van der Waals surface area contributed by atoms with Crippen molar-refractivity contribution in [3.8, 4) is 0 Å². The van der Waals surface area contributed by atoms with Crippen LogP contribution in [0.4, 0.5) is 8.78 Å². The Hall–Kier alpha value is -1.82. The van der Waals surface area contributed by atoms with Gasteiger partial charge in [-0.3, -0.25) is 4.79 Å². The molecule has 1 unspecified atom stereocenters. The number of halogens is 2. The number of benzene rings is 1. The van der Waals surface area contributed by atoms with Crippen LogP contribution >= 0.6 is 0 Å². The van der Waals surface area contributed by atoms with Gasteiger partial charge < -0.3 is 15.2 Å². The van der Waals surface area contributed by atoms with E-state index in [1.54, 1.807) is 0 Å². The van der Waals surface area contributed by atoms with Crippen LogP contribution in [0.5, 0.6) is 0 Å². The maximum Gasteiger partial charge on any atom is 0.303 e. The molecule has 6 heteroatoms. The van der Waals surface area contributed by atoms with E-state index in [0.717, 1.165) is 18.2 Å². The molecule has 19 heavy (non-hydrogen) atoms. The SMILES string of the molecule is O=CC(NCCCCC(=O)O)c1cc(F)cc(F)c1. The highest BCUT2D eigenvalue weighted by molar-refractivity contribution is 5.66. The number of rotatable bonds is 8. The fourth-order valence-corrected chi connectivity index (χ4v) is 1.66. The van der Waals surface area contributed by atoms with Gasteiger partial charge in [0.1, 0.15) is 17.9 Å². The summed E-state index contributed by atoms with van der Waals surface area (Å²) in [5.74, 6) is -2.36. The average molecular weight is 271 g/mol. The highest BCUT2D eigenvalue weighted by Crippen LogP contribution is 2.15. The predicted octanol–water partition coefficient (Wildman–Crippen LogP) is 2.05. The molecule has 104 valence electrons. The minimum atomic E-state index is -0.876. The minimum Gasteiger partial charge on any atom is -0.481 e. The van der Waals surface area contributed by atoms with Crippen molar-refractivity contribution in [1.29, 1.82) is 0 Å². The lowest BCUT2D eigenvalue weighted by atomic mass is 10.1. The van der Waals surface area contributed by atoms with Crippen LogP contribution in [0.15, 0.2) is 18.2 Å². The zero-order chi connectivity index (χ0) is 14.3. The highest BCUT2D eigenvalue weighted by Gasteiger charge is 2.12. The number of nitrogens with one attached hydrogen (secondary N) is 1. The van der Waals surface area contributed by atoms with Crippen LogP contribution in [0.2, 0.25) is 0 Å². The second-order valence-electron chi connectivity index (χ2n) is 4.12. The molecule has 0 aliphatic heterocycles. The summed E-state index contributed by atoms with van der Waals surface area (Å²) in [5, 5.41) is 11.3. The largest absolute Gasteiger partial charge is 0.481 e. The fraction of sp³-hybridized carbons (Fsp3) is 0.385. The van der Waals surface area contributed by atoms with Crippen molar-refractivity contribution in [1.82, 2.24) is 5.32 Å². The Morgan fingerprint density at radius 3 is 2.42 bits per heavy atom. The number of carbonyl (C=O) groups excluding carboxylic acids is 1. The number of carbonyl (C=O) groups is 2. The molecule has 0 radical (unpaired) electrons. The van der Waals surface area contributed by atoms with Gasteiger partial charge in [-0.25, -0.2) is 8.78 Å². The summed E-state index contributed by atoms with van der Waals surface area (Å²) in [6, 6.07) is 2.12. The molecule has 0 fully saturated rings. The maximum absolute atomic E-state index is 13.0. The monoisotopic (exact) mass is 271 g/mol. The number of hydrogen-bond donors (Lipinski definition) is 2. The third-order valence-electron chi connectivity index (χ3n) is 2.56. The summed E-state index contributed by atoms with van der Waals surface area (Å²) in [6.07, 6.45) is 1.66. The van der Waals surface area contributed by atoms with Crippen LogP contribution in [0, 0.1) is 11.6 Å². The summed E-state index contributed by atoms with van der Waals surface area (Å²) in [4.78, 5) is 21.2. The molecular weight excluding hydrogens is 256 g/mol. The van der Waals surface area contributed by atoms with E-state index in [2.05, 4.69) is 5.32 Å². The lowest BCUT2D eigenvalue weighted by Crippen LogP contribution is -2.24. The fourth-order valence-electron chi connectivity index (χ4n) is 1.66. The highest BCUT2D eigenvalue weighted by atomic mass is 19.1. The molecule has 1 atom stereocenters. The Morgan fingerprint density at radius 2 is 1.89 bits per heavy atom. The maximum atomic E-state index is 13.0. The first-order valence-corrected chi connectivity index (χ1v) is 5.89. The number of carboxylic acids is 1. The van der Waals surface area contributed by atoms with Crippen molar-refractivity contribution in [3.05, 3.63) is 35.4 Å². The summed E-state index contributed by atoms with van der Waals surface area (Å²) in [6.45, 7) is 0.398. The molecule has 0 aliphatic rings. The van der Waals surface area contributed by atoms with Crippen molar-refractivity contribution in [2.24, 2.45) is 0 Å². The summed E-state index contributed by atoms with van der Waals surface area (Å²) in [5.41, 5.74) is 0.214. The van der Waals surface area contributed by atoms with Crippen LogP contribution in [0.3, 0.4) is 0 Å².